The molecule has 0 amide bonds. The van der Waals surface area contributed by atoms with Crippen LogP contribution in [-0.2, 0) is 12.8 Å². The molecule has 0 aromatic heterocycles. The van der Waals surface area contributed by atoms with E-state index in [4.69, 9.17) is 0 Å². The van der Waals surface area contributed by atoms with Crippen molar-refractivity contribution >= 4 is 10.8 Å². The van der Waals surface area contributed by atoms with Gasteiger partial charge in [0.05, 0.1) is 0 Å². The molecule has 108 valence electrons. The van der Waals surface area contributed by atoms with Gasteiger partial charge in [-0.25, -0.2) is 0 Å². The third-order valence-corrected chi connectivity index (χ3v) is 3.44. The minimum atomic E-state index is 0.344. The Morgan fingerprint density at radius 2 is 1.00 bits per heavy atom. The van der Waals surface area contributed by atoms with Crippen molar-refractivity contribution in [2.24, 2.45) is 10.8 Å². The van der Waals surface area contributed by atoms with Crippen LogP contribution in [0.4, 0.5) is 0 Å². The first-order chi connectivity index (χ1) is 9.12. The maximum atomic E-state index is 2.37. The predicted molar refractivity (Wildman–Crippen MR) is 90.3 cm³/mol. The van der Waals surface area contributed by atoms with Gasteiger partial charge in [-0.1, -0.05) is 77.9 Å². The summed E-state index contributed by atoms with van der Waals surface area (Å²) in [5.41, 5.74) is 3.57. The standard InChI is InChI=1S/C20H28/c1-19(2,3)13-15-7-9-17-10-8-16(12-18(17)11-15)14-20(4,5)6/h7-12H,13-14H2,1-6H3. The first kappa shape index (κ1) is 15.1. The van der Waals surface area contributed by atoms with Gasteiger partial charge in [-0.15, -0.1) is 0 Å². The van der Waals surface area contributed by atoms with E-state index >= 15 is 0 Å². The molecule has 0 radical (unpaired) electrons. The van der Waals surface area contributed by atoms with Crippen LogP contribution in [0.3, 0.4) is 0 Å². The molecule has 0 aliphatic rings. The molecule has 0 heteroatoms. The second kappa shape index (κ2) is 5.24. The summed E-state index contributed by atoms with van der Waals surface area (Å²) in [6.07, 6.45) is 2.26. The summed E-state index contributed by atoms with van der Waals surface area (Å²) in [7, 11) is 0. The summed E-state index contributed by atoms with van der Waals surface area (Å²) in [6, 6.07) is 13.8. The highest BCUT2D eigenvalue weighted by Crippen LogP contribution is 2.26. The van der Waals surface area contributed by atoms with Gasteiger partial charge in [0.25, 0.3) is 0 Å². The third kappa shape index (κ3) is 4.37. The molecule has 0 aliphatic heterocycles. The molecule has 2 rings (SSSR count). The summed E-state index contributed by atoms with van der Waals surface area (Å²) in [6.45, 7) is 13.8. The molecule has 0 spiro atoms. The van der Waals surface area contributed by atoms with E-state index in [2.05, 4.69) is 77.9 Å². The van der Waals surface area contributed by atoms with Crippen LogP contribution in [0.2, 0.25) is 0 Å². The highest BCUT2D eigenvalue weighted by Gasteiger charge is 2.13. The van der Waals surface area contributed by atoms with Crippen LogP contribution in [0.1, 0.15) is 52.7 Å². The van der Waals surface area contributed by atoms with Gasteiger partial charge in [-0.3, -0.25) is 0 Å². The first-order valence-electron chi connectivity index (χ1n) is 7.64. The highest BCUT2D eigenvalue weighted by molar-refractivity contribution is 5.83. The molecule has 0 atom stereocenters. The van der Waals surface area contributed by atoms with E-state index in [-0.39, 0.29) is 0 Å². The summed E-state index contributed by atoms with van der Waals surface area (Å²) >= 11 is 0. The van der Waals surface area contributed by atoms with Crippen LogP contribution in [-0.4, -0.2) is 0 Å². The Kier molecular flexibility index (Phi) is 3.95. The molecular weight excluding hydrogens is 240 g/mol. The second-order valence-electron chi connectivity index (χ2n) is 8.49. The second-order valence-corrected chi connectivity index (χ2v) is 8.49. The summed E-state index contributed by atoms with van der Waals surface area (Å²) in [5.74, 6) is 0. The van der Waals surface area contributed by atoms with Crippen molar-refractivity contribution in [2.45, 2.75) is 54.4 Å². The van der Waals surface area contributed by atoms with E-state index in [1.54, 1.807) is 0 Å². The molecule has 0 unspecified atom stereocenters. The summed E-state index contributed by atoms with van der Waals surface area (Å²) < 4.78 is 0. The number of fused-ring (bicyclic) bond motifs is 1. The van der Waals surface area contributed by atoms with Crippen molar-refractivity contribution < 1.29 is 0 Å². The van der Waals surface area contributed by atoms with Crippen molar-refractivity contribution in [3.63, 3.8) is 0 Å². The van der Waals surface area contributed by atoms with E-state index in [9.17, 15) is 0 Å². The lowest BCUT2D eigenvalue weighted by Crippen LogP contribution is -2.09. The molecule has 0 nitrogen and oxygen atoms in total. The molecular formula is C20H28. The monoisotopic (exact) mass is 268 g/mol. The van der Waals surface area contributed by atoms with Gasteiger partial charge in [0.2, 0.25) is 0 Å². The van der Waals surface area contributed by atoms with Gasteiger partial charge in [0, 0.05) is 0 Å². The van der Waals surface area contributed by atoms with Crippen LogP contribution in [0.15, 0.2) is 36.4 Å². The summed E-state index contributed by atoms with van der Waals surface area (Å²) in [5, 5.41) is 2.73. The lowest BCUT2D eigenvalue weighted by molar-refractivity contribution is 0.411. The Bertz CT molecular complexity index is 541. The van der Waals surface area contributed by atoms with Crippen molar-refractivity contribution in [1.29, 1.82) is 0 Å². The first-order valence-corrected chi connectivity index (χ1v) is 7.64. The van der Waals surface area contributed by atoms with E-state index in [0.717, 1.165) is 12.8 Å². The quantitative estimate of drug-likeness (QED) is 0.625. The molecule has 0 saturated carbocycles. The van der Waals surface area contributed by atoms with Crippen molar-refractivity contribution in [2.75, 3.05) is 0 Å². The number of rotatable bonds is 2. The molecule has 0 saturated heterocycles. The van der Waals surface area contributed by atoms with Crippen molar-refractivity contribution in [3.05, 3.63) is 47.5 Å². The smallest absolute Gasteiger partial charge is 0.0179 e. The lowest BCUT2D eigenvalue weighted by atomic mass is 9.86. The van der Waals surface area contributed by atoms with Crippen LogP contribution >= 0.6 is 0 Å². The molecule has 0 aliphatic carbocycles. The maximum absolute atomic E-state index is 2.37. The van der Waals surface area contributed by atoms with Crippen LogP contribution in [0, 0.1) is 10.8 Å². The topological polar surface area (TPSA) is 0 Å². The predicted octanol–water partition coefficient (Wildman–Crippen LogP) is 6.02. The van der Waals surface area contributed by atoms with Crippen LogP contribution < -0.4 is 0 Å². The molecule has 2 aromatic carbocycles. The molecule has 0 N–H and O–H groups in total. The minimum Gasteiger partial charge on any atom is -0.0599 e. The normalized spacial score (nSPS) is 12.9. The molecule has 0 fully saturated rings. The Hall–Kier alpha value is -1.30. The van der Waals surface area contributed by atoms with Crippen LogP contribution in [0.25, 0.3) is 10.8 Å². The van der Waals surface area contributed by atoms with Gasteiger partial charge in [-0.05, 0) is 45.6 Å². The zero-order valence-corrected chi connectivity index (χ0v) is 13.9. The van der Waals surface area contributed by atoms with Crippen molar-refractivity contribution in [1.82, 2.24) is 0 Å². The fraction of sp³-hybridized carbons (Fsp3) is 0.500. The number of benzene rings is 2. The average Bonchev–Trinajstić information content (AvgIpc) is 2.23. The SMILES string of the molecule is CC(C)(C)Cc1ccc2ccc(CC(C)(C)C)cc2c1. The number of hydrogen-bond donors (Lipinski definition) is 0. The van der Waals surface area contributed by atoms with Crippen molar-refractivity contribution in [3.8, 4) is 0 Å². The Labute approximate surface area is 124 Å². The number of hydrogen-bond acceptors (Lipinski definition) is 0. The Balaban J connectivity index is 2.34. The van der Waals surface area contributed by atoms with E-state index in [0.29, 0.717) is 10.8 Å². The fourth-order valence-corrected chi connectivity index (χ4v) is 2.79. The minimum absolute atomic E-state index is 0.344. The average molecular weight is 268 g/mol. The van der Waals surface area contributed by atoms with E-state index in [1.165, 1.54) is 21.9 Å². The van der Waals surface area contributed by atoms with Gasteiger partial charge in [-0.2, -0.15) is 0 Å². The Morgan fingerprint density at radius 1 is 0.600 bits per heavy atom. The zero-order chi connectivity index (χ0) is 15.0. The van der Waals surface area contributed by atoms with Gasteiger partial charge in [0.1, 0.15) is 0 Å². The lowest BCUT2D eigenvalue weighted by Gasteiger charge is -2.19. The maximum Gasteiger partial charge on any atom is -0.0179 e. The molecule has 0 bridgehead atoms. The van der Waals surface area contributed by atoms with Gasteiger partial charge >= 0.3 is 0 Å². The fourth-order valence-electron chi connectivity index (χ4n) is 2.79. The molecule has 2 aromatic rings. The molecule has 0 heterocycles. The van der Waals surface area contributed by atoms with E-state index in [1.807, 2.05) is 0 Å². The van der Waals surface area contributed by atoms with E-state index < -0.39 is 0 Å². The highest BCUT2D eigenvalue weighted by atomic mass is 14.2. The molecule has 20 heavy (non-hydrogen) atoms. The van der Waals surface area contributed by atoms with Gasteiger partial charge in [0.15, 0.2) is 0 Å². The zero-order valence-electron chi connectivity index (χ0n) is 13.9. The largest absolute Gasteiger partial charge is 0.0599 e. The summed E-state index contributed by atoms with van der Waals surface area (Å²) in [4.78, 5) is 0. The third-order valence-electron chi connectivity index (χ3n) is 3.44. The van der Waals surface area contributed by atoms with Crippen LogP contribution in [0.5, 0.6) is 0 Å². The van der Waals surface area contributed by atoms with Gasteiger partial charge < -0.3 is 0 Å². The Morgan fingerprint density at radius 3 is 1.35 bits per heavy atom.